The van der Waals surface area contributed by atoms with Gasteiger partial charge in [0.15, 0.2) is 17.7 Å². The van der Waals surface area contributed by atoms with Gasteiger partial charge in [-0.05, 0) is 37.9 Å². The lowest BCUT2D eigenvalue weighted by Gasteiger charge is -2.10. The number of carboxylic acids is 1. The summed E-state index contributed by atoms with van der Waals surface area (Å²) in [5, 5.41) is 17.7. The molecule has 3 nitrogen and oxygen atoms in total. The Morgan fingerprint density at radius 1 is 1.33 bits per heavy atom. The summed E-state index contributed by atoms with van der Waals surface area (Å²) >= 11 is 5.59. The largest absolute Gasteiger partial charge is 0.479 e. The molecule has 0 aliphatic rings. The van der Waals surface area contributed by atoms with E-state index >= 15 is 0 Å². The van der Waals surface area contributed by atoms with Crippen molar-refractivity contribution in [1.29, 1.82) is 0 Å². The van der Waals surface area contributed by atoms with Crippen molar-refractivity contribution >= 4 is 37.8 Å². The quantitative estimate of drug-likeness (QED) is 0.640. The Kier molecular flexibility index (Phi) is 3.80. The van der Waals surface area contributed by atoms with Crippen molar-refractivity contribution in [2.45, 2.75) is 6.10 Å². The number of aliphatic hydroxyl groups is 1. The van der Waals surface area contributed by atoms with Crippen LogP contribution in [0.25, 0.3) is 0 Å². The van der Waals surface area contributed by atoms with E-state index in [0.717, 1.165) is 0 Å². The molecule has 0 spiro atoms. The zero-order valence-electron chi connectivity index (χ0n) is 6.97. The Morgan fingerprint density at radius 3 is 2.33 bits per heavy atom. The summed E-state index contributed by atoms with van der Waals surface area (Å²) in [7, 11) is 0. The molecule has 1 aromatic rings. The number of aliphatic carboxylic acids is 1. The molecule has 1 atom stereocenters. The van der Waals surface area contributed by atoms with E-state index in [1.165, 1.54) is 0 Å². The van der Waals surface area contributed by atoms with Crippen molar-refractivity contribution in [2.75, 3.05) is 0 Å². The molecule has 0 saturated carbocycles. The molecule has 7 heteroatoms. The van der Waals surface area contributed by atoms with Crippen LogP contribution in [0.5, 0.6) is 0 Å². The molecule has 0 amide bonds. The summed E-state index contributed by atoms with van der Waals surface area (Å²) in [5.41, 5.74) is -0.256. The summed E-state index contributed by atoms with van der Waals surface area (Å²) < 4.78 is 25.6. The smallest absolute Gasteiger partial charge is 0.337 e. The second-order valence-electron chi connectivity index (χ2n) is 2.63. The van der Waals surface area contributed by atoms with Gasteiger partial charge in [0.25, 0.3) is 0 Å². The van der Waals surface area contributed by atoms with E-state index in [1.54, 1.807) is 0 Å². The first-order valence-electron chi connectivity index (χ1n) is 3.60. The molecule has 0 heterocycles. The maximum atomic E-state index is 13.0. The van der Waals surface area contributed by atoms with Gasteiger partial charge in [-0.25, -0.2) is 13.6 Å². The van der Waals surface area contributed by atoms with Crippen LogP contribution < -0.4 is 0 Å². The van der Waals surface area contributed by atoms with Crippen LogP contribution in [0, 0.1) is 11.6 Å². The number of halogens is 4. The Bertz CT molecular complexity index is 423. The molecule has 1 rings (SSSR count). The highest BCUT2D eigenvalue weighted by Gasteiger charge is 2.24. The van der Waals surface area contributed by atoms with Crippen molar-refractivity contribution in [1.82, 2.24) is 0 Å². The van der Waals surface area contributed by atoms with Gasteiger partial charge in [0, 0.05) is 10.0 Å². The van der Waals surface area contributed by atoms with Crippen LogP contribution in [0.15, 0.2) is 15.0 Å². The predicted molar refractivity (Wildman–Crippen MR) is 54.4 cm³/mol. The van der Waals surface area contributed by atoms with Crippen LogP contribution in [0.4, 0.5) is 8.78 Å². The first-order chi connectivity index (χ1) is 6.86. The number of hydrogen-bond acceptors (Lipinski definition) is 2. The normalized spacial score (nSPS) is 12.6. The fourth-order valence-electron chi connectivity index (χ4n) is 0.923. The molecule has 0 aromatic heterocycles. The number of benzene rings is 1. The molecule has 1 aromatic carbocycles. The molecular weight excluding hydrogens is 342 g/mol. The summed E-state index contributed by atoms with van der Waals surface area (Å²) in [5.74, 6) is -3.93. The molecule has 15 heavy (non-hydrogen) atoms. The molecule has 0 radical (unpaired) electrons. The predicted octanol–water partition coefficient (Wildman–Crippen LogP) is 2.61. The van der Waals surface area contributed by atoms with Gasteiger partial charge in [0.05, 0.1) is 4.47 Å². The van der Waals surface area contributed by atoms with Gasteiger partial charge in [0.1, 0.15) is 0 Å². The van der Waals surface area contributed by atoms with Gasteiger partial charge in [-0.15, -0.1) is 0 Å². The van der Waals surface area contributed by atoms with Crippen LogP contribution in [-0.4, -0.2) is 16.2 Å². The minimum absolute atomic E-state index is 0.0312. The van der Waals surface area contributed by atoms with Gasteiger partial charge < -0.3 is 10.2 Å². The van der Waals surface area contributed by atoms with Crippen LogP contribution in [0.3, 0.4) is 0 Å². The minimum atomic E-state index is -1.91. The lowest BCUT2D eigenvalue weighted by atomic mass is 10.1. The van der Waals surface area contributed by atoms with E-state index in [-0.39, 0.29) is 14.5 Å². The maximum absolute atomic E-state index is 13.0. The Morgan fingerprint density at radius 2 is 1.87 bits per heavy atom. The lowest BCUT2D eigenvalue weighted by molar-refractivity contribution is -0.147. The third-order valence-electron chi connectivity index (χ3n) is 1.66. The molecule has 0 aliphatic carbocycles. The molecule has 0 saturated heterocycles. The van der Waals surface area contributed by atoms with E-state index in [9.17, 15) is 18.7 Å². The number of carbonyl (C=O) groups is 1. The molecular formula is C8H4Br2F2O3. The Labute approximate surface area is 100.0 Å². The minimum Gasteiger partial charge on any atom is -0.479 e. The summed E-state index contributed by atoms with van der Waals surface area (Å²) in [6, 6.07) is 0.628. The first-order valence-corrected chi connectivity index (χ1v) is 5.18. The summed E-state index contributed by atoms with van der Waals surface area (Å²) in [4.78, 5) is 10.5. The topological polar surface area (TPSA) is 57.5 Å². The molecule has 0 aliphatic heterocycles. The molecule has 82 valence electrons. The van der Waals surface area contributed by atoms with Crippen molar-refractivity contribution in [3.63, 3.8) is 0 Å². The second-order valence-corrected chi connectivity index (χ2v) is 4.22. The van der Waals surface area contributed by atoms with Gasteiger partial charge in [-0.3, -0.25) is 0 Å². The molecule has 0 bridgehead atoms. The third kappa shape index (κ3) is 2.35. The molecule has 0 fully saturated rings. The maximum Gasteiger partial charge on any atom is 0.337 e. The summed E-state index contributed by atoms with van der Waals surface area (Å²) in [6.07, 6.45) is -1.91. The van der Waals surface area contributed by atoms with E-state index in [0.29, 0.717) is 6.07 Å². The van der Waals surface area contributed by atoms with Crippen molar-refractivity contribution in [2.24, 2.45) is 0 Å². The van der Waals surface area contributed by atoms with Crippen molar-refractivity contribution < 1.29 is 23.8 Å². The molecule has 1 unspecified atom stereocenters. The number of aliphatic hydroxyl groups excluding tert-OH is 1. The zero-order chi connectivity index (χ0) is 11.7. The number of carboxylic acid groups (broad SMARTS) is 1. The Hall–Kier alpha value is -0.530. The zero-order valence-corrected chi connectivity index (χ0v) is 10.1. The SMILES string of the molecule is O=C(O)C(O)c1cc(F)c(F)c(Br)c1Br. The monoisotopic (exact) mass is 344 g/mol. The van der Waals surface area contributed by atoms with Crippen LogP contribution in [0.1, 0.15) is 11.7 Å². The van der Waals surface area contributed by atoms with E-state index < -0.39 is 23.7 Å². The van der Waals surface area contributed by atoms with Crippen molar-refractivity contribution in [3.05, 3.63) is 32.2 Å². The third-order valence-corrected chi connectivity index (χ3v) is 3.79. The number of rotatable bonds is 2. The highest BCUT2D eigenvalue weighted by Crippen LogP contribution is 2.34. The van der Waals surface area contributed by atoms with Gasteiger partial charge in [-0.1, -0.05) is 0 Å². The fraction of sp³-hybridized carbons (Fsp3) is 0.125. The first kappa shape index (κ1) is 12.5. The van der Waals surface area contributed by atoms with Gasteiger partial charge >= 0.3 is 5.97 Å². The van der Waals surface area contributed by atoms with E-state index in [1.807, 2.05) is 0 Å². The van der Waals surface area contributed by atoms with Gasteiger partial charge in [-0.2, -0.15) is 0 Å². The standard InChI is InChI=1S/C8H4Br2F2O3/c9-4-2(7(13)8(14)15)1-3(11)6(12)5(4)10/h1,7,13H,(H,14,15). The lowest BCUT2D eigenvalue weighted by Crippen LogP contribution is -2.12. The summed E-state index contributed by atoms with van der Waals surface area (Å²) in [6.45, 7) is 0. The average molecular weight is 346 g/mol. The fourth-order valence-corrected chi connectivity index (χ4v) is 1.85. The highest BCUT2D eigenvalue weighted by atomic mass is 79.9. The van der Waals surface area contributed by atoms with Crippen LogP contribution >= 0.6 is 31.9 Å². The highest BCUT2D eigenvalue weighted by molar-refractivity contribution is 9.13. The van der Waals surface area contributed by atoms with E-state index in [4.69, 9.17) is 5.11 Å². The van der Waals surface area contributed by atoms with Gasteiger partial charge in [0.2, 0.25) is 0 Å². The van der Waals surface area contributed by atoms with E-state index in [2.05, 4.69) is 31.9 Å². The average Bonchev–Trinajstić information content (AvgIpc) is 2.19. The van der Waals surface area contributed by atoms with Crippen LogP contribution in [-0.2, 0) is 4.79 Å². The van der Waals surface area contributed by atoms with Crippen molar-refractivity contribution in [3.8, 4) is 0 Å². The molecule has 2 N–H and O–H groups in total. The van der Waals surface area contributed by atoms with Crippen LogP contribution in [0.2, 0.25) is 0 Å². The Balaban J connectivity index is 3.38. The second kappa shape index (κ2) is 4.54. The number of hydrogen-bond donors (Lipinski definition) is 2.